The second-order valence-corrected chi connectivity index (χ2v) is 8.14. The number of carboxylic acids is 1. The molecule has 0 fully saturated rings. The molecule has 1 N–H and O–H groups in total. The van der Waals surface area contributed by atoms with Gasteiger partial charge in [-0.2, -0.15) is 13.2 Å². The molecule has 3 rings (SSSR count). The number of amides is 1. The van der Waals surface area contributed by atoms with Crippen molar-refractivity contribution in [2.24, 2.45) is 0 Å². The van der Waals surface area contributed by atoms with Gasteiger partial charge in [-0.3, -0.25) is 4.79 Å². The zero-order valence-electron chi connectivity index (χ0n) is 17.0. The molecule has 0 aromatic heterocycles. The Morgan fingerprint density at radius 2 is 1.58 bits per heavy atom. The number of rotatable bonds is 7. The first-order valence-electron chi connectivity index (χ1n) is 9.75. The summed E-state index contributed by atoms with van der Waals surface area (Å²) in [6.45, 7) is -0.370. The first-order valence-corrected chi connectivity index (χ1v) is 10.5. The molecular formula is C24H18Cl2F3NO3. The van der Waals surface area contributed by atoms with Crippen LogP contribution in [0.1, 0.15) is 27.0 Å². The quantitative estimate of drug-likeness (QED) is 0.415. The van der Waals surface area contributed by atoms with Crippen LogP contribution in [0.15, 0.2) is 72.8 Å². The SMILES string of the molecule is O=C(O)[C@H](Cc1ccccc1)N(Cc1cccc(C(F)(F)F)c1)C(=O)c1ccc(Cl)cc1Cl. The molecule has 0 unspecified atom stereocenters. The molecule has 0 spiro atoms. The molecule has 0 saturated carbocycles. The minimum Gasteiger partial charge on any atom is -0.480 e. The molecule has 1 amide bonds. The van der Waals surface area contributed by atoms with E-state index in [-0.39, 0.29) is 34.1 Å². The van der Waals surface area contributed by atoms with Crippen molar-refractivity contribution in [1.29, 1.82) is 0 Å². The highest BCUT2D eigenvalue weighted by atomic mass is 35.5. The topological polar surface area (TPSA) is 57.6 Å². The van der Waals surface area contributed by atoms with Crippen LogP contribution >= 0.6 is 23.2 Å². The Balaban J connectivity index is 2.04. The summed E-state index contributed by atoms with van der Waals surface area (Å²) in [5, 5.41) is 10.2. The van der Waals surface area contributed by atoms with Gasteiger partial charge in [0.1, 0.15) is 6.04 Å². The molecule has 9 heteroatoms. The van der Waals surface area contributed by atoms with Crippen LogP contribution in [-0.2, 0) is 23.9 Å². The van der Waals surface area contributed by atoms with E-state index < -0.39 is 29.7 Å². The van der Waals surface area contributed by atoms with E-state index >= 15 is 0 Å². The third-order valence-electron chi connectivity index (χ3n) is 4.96. The number of carbonyl (C=O) groups is 2. The number of carboxylic acid groups (broad SMARTS) is 1. The average molecular weight is 496 g/mol. The van der Waals surface area contributed by atoms with E-state index in [9.17, 15) is 27.9 Å². The number of benzene rings is 3. The maximum atomic E-state index is 13.4. The number of carbonyl (C=O) groups excluding carboxylic acids is 1. The molecule has 0 saturated heterocycles. The lowest BCUT2D eigenvalue weighted by Gasteiger charge is -2.30. The monoisotopic (exact) mass is 495 g/mol. The van der Waals surface area contributed by atoms with Crippen LogP contribution in [0.3, 0.4) is 0 Å². The lowest BCUT2D eigenvalue weighted by atomic mass is 10.0. The van der Waals surface area contributed by atoms with Crippen LogP contribution < -0.4 is 0 Å². The van der Waals surface area contributed by atoms with Crippen molar-refractivity contribution in [2.45, 2.75) is 25.2 Å². The largest absolute Gasteiger partial charge is 0.480 e. The number of hydrogen-bond acceptors (Lipinski definition) is 2. The van der Waals surface area contributed by atoms with Gasteiger partial charge >= 0.3 is 12.1 Å². The normalized spacial score (nSPS) is 12.3. The van der Waals surface area contributed by atoms with Crippen molar-refractivity contribution in [2.75, 3.05) is 0 Å². The minimum absolute atomic E-state index is 0.00499. The van der Waals surface area contributed by atoms with Crippen molar-refractivity contribution in [1.82, 2.24) is 4.90 Å². The van der Waals surface area contributed by atoms with Crippen LogP contribution in [0.4, 0.5) is 13.2 Å². The van der Waals surface area contributed by atoms with Crippen molar-refractivity contribution in [3.8, 4) is 0 Å². The molecule has 172 valence electrons. The van der Waals surface area contributed by atoms with Gasteiger partial charge in [-0.05, 0) is 41.5 Å². The summed E-state index contributed by atoms with van der Waals surface area (Å²) >= 11 is 12.1. The van der Waals surface area contributed by atoms with Gasteiger partial charge in [0.2, 0.25) is 0 Å². The Morgan fingerprint density at radius 1 is 0.909 bits per heavy atom. The van der Waals surface area contributed by atoms with E-state index in [1.807, 2.05) is 0 Å². The molecule has 4 nitrogen and oxygen atoms in total. The molecule has 0 bridgehead atoms. The van der Waals surface area contributed by atoms with Gasteiger partial charge in [-0.25, -0.2) is 4.79 Å². The second kappa shape index (κ2) is 10.3. The summed E-state index contributed by atoms with van der Waals surface area (Å²) in [6, 6.07) is 15.8. The molecule has 0 aliphatic rings. The zero-order chi connectivity index (χ0) is 24.2. The molecule has 3 aromatic rings. The van der Waals surface area contributed by atoms with Crippen molar-refractivity contribution in [3.05, 3.63) is 105 Å². The first kappa shape index (κ1) is 24.6. The van der Waals surface area contributed by atoms with Crippen LogP contribution in [0.25, 0.3) is 0 Å². The summed E-state index contributed by atoms with van der Waals surface area (Å²) in [5.41, 5.74) is -0.129. The molecule has 0 aliphatic carbocycles. The second-order valence-electron chi connectivity index (χ2n) is 7.30. The molecule has 33 heavy (non-hydrogen) atoms. The lowest BCUT2D eigenvalue weighted by molar-refractivity contribution is -0.142. The molecular weight excluding hydrogens is 478 g/mol. The Labute approximate surface area is 198 Å². The van der Waals surface area contributed by atoms with Crippen molar-refractivity contribution in [3.63, 3.8) is 0 Å². The molecule has 0 aliphatic heterocycles. The fourth-order valence-electron chi connectivity index (χ4n) is 3.35. The van der Waals surface area contributed by atoms with E-state index in [0.717, 1.165) is 17.0 Å². The Bertz CT molecular complexity index is 1150. The summed E-state index contributed by atoms with van der Waals surface area (Å²) in [4.78, 5) is 26.6. The van der Waals surface area contributed by atoms with Gasteiger partial charge in [0, 0.05) is 18.0 Å². The predicted octanol–water partition coefficient (Wildman–Crippen LogP) is 6.35. The molecule has 0 radical (unpaired) electrons. The van der Waals surface area contributed by atoms with Crippen LogP contribution in [0, 0.1) is 0 Å². The maximum Gasteiger partial charge on any atom is 0.416 e. The van der Waals surface area contributed by atoms with Gasteiger partial charge in [-0.1, -0.05) is 65.7 Å². The number of hydrogen-bond donors (Lipinski definition) is 1. The molecule has 0 heterocycles. The first-order chi connectivity index (χ1) is 15.6. The average Bonchev–Trinajstić information content (AvgIpc) is 2.76. The Kier molecular flexibility index (Phi) is 7.66. The van der Waals surface area contributed by atoms with Gasteiger partial charge in [-0.15, -0.1) is 0 Å². The van der Waals surface area contributed by atoms with E-state index in [2.05, 4.69) is 0 Å². The third kappa shape index (κ3) is 6.27. The van der Waals surface area contributed by atoms with E-state index in [1.165, 1.54) is 30.3 Å². The minimum atomic E-state index is -4.58. The number of nitrogens with zero attached hydrogens (tertiary/aromatic N) is 1. The summed E-state index contributed by atoms with van der Waals surface area (Å²) in [7, 11) is 0. The number of halogens is 5. The third-order valence-corrected chi connectivity index (χ3v) is 5.51. The van der Waals surface area contributed by atoms with Gasteiger partial charge in [0.15, 0.2) is 0 Å². The highest BCUT2D eigenvalue weighted by Gasteiger charge is 2.33. The van der Waals surface area contributed by atoms with E-state index in [4.69, 9.17) is 23.2 Å². The fraction of sp³-hybridized carbons (Fsp3) is 0.167. The smallest absolute Gasteiger partial charge is 0.416 e. The zero-order valence-corrected chi connectivity index (χ0v) is 18.5. The van der Waals surface area contributed by atoms with Crippen molar-refractivity contribution >= 4 is 35.1 Å². The number of alkyl halides is 3. The van der Waals surface area contributed by atoms with Crippen LogP contribution in [-0.4, -0.2) is 27.9 Å². The van der Waals surface area contributed by atoms with E-state index in [1.54, 1.807) is 30.3 Å². The van der Waals surface area contributed by atoms with E-state index in [0.29, 0.717) is 5.56 Å². The van der Waals surface area contributed by atoms with Crippen LogP contribution in [0.5, 0.6) is 0 Å². The predicted molar refractivity (Wildman–Crippen MR) is 119 cm³/mol. The van der Waals surface area contributed by atoms with Gasteiger partial charge in [0.05, 0.1) is 16.1 Å². The highest BCUT2D eigenvalue weighted by molar-refractivity contribution is 6.36. The van der Waals surface area contributed by atoms with Crippen LogP contribution in [0.2, 0.25) is 10.0 Å². The van der Waals surface area contributed by atoms with Crippen molar-refractivity contribution < 1.29 is 27.9 Å². The van der Waals surface area contributed by atoms with Gasteiger partial charge in [0.25, 0.3) is 5.91 Å². The lowest BCUT2D eigenvalue weighted by Crippen LogP contribution is -2.46. The molecule has 3 aromatic carbocycles. The Hall–Kier alpha value is -3.03. The summed E-state index contributed by atoms with van der Waals surface area (Å²) < 4.78 is 39.6. The standard InChI is InChI=1S/C24H18Cl2F3NO3/c25-18-9-10-19(20(26)13-18)22(31)30(14-16-7-4-8-17(11-16)24(27,28)29)21(23(32)33)12-15-5-2-1-3-6-15/h1-11,13,21H,12,14H2,(H,32,33)/t21-/m0/s1. The Morgan fingerprint density at radius 3 is 2.18 bits per heavy atom. The summed E-state index contributed by atoms with van der Waals surface area (Å²) in [5.74, 6) is -2.04. The van der Waals surface area contributed by atoms with Gasteiger partial charge < -0.3 is 10.0 Å². The highest BCUT2D eigenvalue weighted by Crippen LogP contribution is 2.30. The maximum absolute atomic E-state index is 13.4. The number of aliphatic carboxylic acids is 1. The summed E-state index contributed by atoms with van der Waals surface area (Å²) in [6.07, 6.45) is -4.63. The fourth-order valence-corrected chi connectivity index (χ4v) is 3.84. The molecule has 1 atom stereocenters.